The summed E-state index contributed by atoms with van der Waals surface area (Å²) in [5, 5.41) is 14.9. The standard InChI is InChI=1S/C13H14N4O3S/c1-10-7-12(5-4-11(10)3-2-6-18)21(19,20)16-8-13-14-9-15-17-13/h4-5,7,9,16,18H,6,8H2,1H3,(H,14,15,17). The van der Waals surface area contributed by atoms with Gasteiger partial charge in [0.2, 0.25) is 10.0 Å². The van der Waals surface area contributed by atoms with E-state index >= 15 is 0 Å². The number of aromatic nitrogens is 3. The van der Waals surface area contributed by atoms with Gasteiger partial charge in [0.25, 0.3) is 0 Å². The second-order valence-electron chi connectivity index (χ2n) is 4.19. The van der Waals surface area contributed by atoms with Crippen LogP contribution in [0.15, 0.2) is 29.4 Å². The minimum atomic E-state index is -3.63. The van der Waals surface area contributed by atoms with Crippen LogP contribution in [0.5, 0.6) is 0 Å². The molecule has 0 saturated heterocycles. The molecule has 0 spiro atoms. The second kappa shape index (κ2) is 6.49. The number of H-pyrrole nitrogens is 1. The molecule has 0 aliphatic heterocycles. The number of hydrogen-bond donors (Lipinski definition) is 3. The van der Waals surface area contributed by atoms with Gasteiger partial charge >= 0.3 is 0 Å². The third-order valence-electron chi connectivity index (χ3n) is 2.70. The number of aliphatic hydroxyl groups is 1. The fraction of sp³-hybridized carbons (Fsp3) is 0.231. The molecule has 1 aromatic heterocycles. The Morgan fingerprint density at radius 3 is 2.86 bits per heavy atom. The summed E-state index contributed by atoms with van der Waals surface area (Å²) in [5.41, 5.74) is 1.40. The lowest BCUT2D eigenvalue weighted by atomic mass is 10.1. The molecule has 2 aromatic rings. The number of aromatic amines is 1. The Hall–Kier alpha value is -2.21. The molecule has 110 valence electrons. The van der Waals surface area contributed by atoms with Gasteiger partial charge in [-0.1, -0.05) is 11.8 Å². The summed E-state index contributed by atoms with van der Waals surface area (Å²) in [5.74, 6) is 5.72. The van der Waals surface area contributed by atoms with Gasteiger partial charge in [0, 0.05) is 5.56 Å². The first kappa shape index (κ1) is 15.2. The molecule has 3 N–H and O–H groups in total. The van der Waals surface area contributed by atoms with Crippen LogP contribution in [0.25, 0.3) is 0 Å². The second-order valence-corrected chi connectivity index (χ2v) is 5.96. The molecule has 0 unspecified atom stereocenters. The maximum absolute atomic E-state index is 12.2. The number of nitrogens with zero attached hydrogens (tertiary/aromatic N) is 2. The fourth-order valence-electron chi connectivity index (χ4n) is 1.64. The topological polar surface area (TPSA) is 108 Å². The Morgan fingerprint density at radius 1 is 1.43 bits per heavy atom. The summed E-state index contributed by atoms with van der Waals surface area (Å²) in [7, 11) is -3.63. The van der Waals surface area contributed by atoms with Crippen molar-refractivity contribution in [1.82, 2.24) is 19.9 Å². The molecule has 0 saturated carbocycles. The molecule has 0 fully saturated rings. The Bertz CT molecular complexity index is 773. The largest absolute Gasteiger partial charge is 0.384 e. The molecule has 2 rings (SSSR count). The predicted molar refractivity (Wildman–Crippen MR) is 75.6 cm³/mol. The number of rotatable bonds is 4. The maximum atomic E-state index is 12.2. The third-order valence-corrected chi connectivity index (χ3v) is 4.10. The summed E-state index contributed by atoms with van der Waals surface area (Å²) in [4.78, 5) is 3.99. The quantitative estimate of drug-likeness (QED) is 0.686. The lowest BCUT2D eigenvalue weighted by Gasteiger charge is -2.07. The van der Waals surface area contributed by atoms with E-state index in [4.69, 9.17) is 5.11 Å². The molecule has 0 bridgehead atoms. The Morgan fingerprint density at radius 2 is 2.24 bits per heavy atom. The molecule has 21 heavy (non-hydrogen) atoms. The number of sulfonamides is 1. The zero-order valence-electron chi connectivity index (χ0n) is 11.3. The molecule has 0 atom stereocenters. The number of benzene rings is 1. The first-order valence-electron chi connectivity index (χ1n) is 6.07. The highest BCUT2D eigenvalue weighted by atomic mass is 32.2. The molecule has 1 aromatic carbocycles. The van der Waals surface area contributed by atoms with Crippen molar-refractivity contribution in [2.75, 3.05) is 6.61 Å². The number of aliphatic hydroxyl groups excluding tert-OH is 1. The molecule has 0 aliphatic rings. The average Bonchev–Trinajstić information content (AvgIpc) is 2.97. The van der Waals surface area contributed by atoms with Gasteiger partial charge in [-0.2, -0.15) is 5.10 Å². The van der Waals surface area contributed by atoms with Crippen molar-refractivity contribution in [2.45, 2.75) is 18.4 Å². The smallest absolute Gasteiger partial charge is 0.240 e. The summed E-state index contributed by atoms with van der Waals surface area (Å²) in [6.45, 7) is 1.56. The zero-order valence-corrected chi connectivity index (χ0v) is 12.1. The van der Waals surface area contributed by atoms with Crippen LogP contribution in [0.4, 0.5) is 0 Å². The number of nitrogens with one attached hydrogen (secondary N) is 2. The highest BCUT2D eigenvalue weighted by Gasteiger charge is 2.15. The van der Waals surface area contributed by atoms with Gasteiger partial charge in [0.15, 0.2) is 0 Å². The van der Waals surface area contributed by atoms with Crippen LogP contribution >= 0.6 is 0 Å². The van der Waals surface area contributed by atoms with Crippen molar-refractivity contribution >= 4 is 10.0 Å². The summed E-state index contributed by atoms with van der Waals surface area (Å²) in [6, 6.07) is 4.61. The van der Waals surface area contributed by atoms with E-state index in [2.05, 4.69) is 31.7 Å². The van der Waals surface area contributed by atoms with Gasteiger partial charge in [-0.05, 0) is 30.7 Å². The highest BCUT2D eigenvalue weighted by Crippen LogP contribution is 2.15. The molecule has 7 nitrogen and oxygen atoms in total. The van der Waals surface area contributed by atoms with E-state index in [9.17, 15) is 8.42 Å². The SMILES string of the molecule is Cc1cc(S(=O)(=O)NCc2ncn[nH]2)ccc1C#CCO. The van der Waals surface area contributed by atoms with E-state index in [1.54, 1.807) is 13.0 Å². The Kier molecular flexibility index (Phi) is 4.70. The first-order valence-corrected chi connectivity index (χ1v) is 7.55. The lowest BCUT2D eigenvalue weighted by molar-refractivity contribution is 0.350. The van der Waals surface area contributed by atoms with Crippen molar-refractivity contribution < 1.29 is 13.5 Å². The van der Waals surface area contributed by atoms with Gasteiger partial charge in [0.1, 0.15) is 18.8 Å². The minimum absolute atomic E-state index is 0.0352. The zero-order chi connectivity index (χ0) is 15.3. The summed E-state index contributed by atoms with van der Waals surface area (Å²) in [6.07, 6.45) is 1.31. The van der Waals surface area contributed by atoms with Gasteiger partial charge in [0.05, 0.1) is 11.4 Å². The van der Waals surface area contributed by atoms with Crippen LogP contribution in [-0.4, -0.2) is 35.3 Å². The fourth-order valence-corrected chi connectivity index (χ4v) is 2.71. The van der Waals surface area contributed by atoms with E-state index in [1.807, 2.05) is 0 Å². The molecule has 0 aliphatic carbocycles. The highest BCUT2D eigenvalue weighted by molar-refractivity contribution is 7.89. The van der Waals surface area contributed by atoms with Gasteiger partial charge in [-0.15, -0.1) is 0 Å². The Balaban J connectivity index is 2.18. The summed E-state index contributed by atoms with van der Waals surface area (Å²) < 4.78 is 26.7. The maximum Gasteiger partial charge on any atom is 0.240 e. The van der Waals surface area contributed by atoms with Crippen molar-refractivity contribution in [3.63, 3.8) is 0 Å². The van der Waals surface area contributed by atoms with Crippen molar-refractivity contribution in [3.05, 3.63) is 41.5 Å². The van der Waals surface area contributed by atoms with Crippen molar-refractivity contribution in [2.24, 2.45) is 0 Å². The summed E-state index contributed by atoms with van der Waals surface area (Å²) >= 11 is 0. The molecule has 1 heterocycles. The van der Waals surface area contributed by atoms with E-state index in [-0.39, 0.29) is 18.0 Å². The molecule has 0 radical (unpaired) electrons. The third kappa shape index (κ3) is 3.88. The Labute approximate surface area is 122 Å². The van der Waals surface area contributed by atoms with E-state index in [0.29, 0.717) is 11.4 Å². The van der Waals surface area contributed by atoms with E-state index in [1.165, 1.54) is 18.5 Å². The van der Waals surface area contributed by atoms with Crippen molar-refractivity contribution in [3.8, 4) is 11.8 Å². The first-order chi connectivity index (χ1) is 10.0. The van der Waals surface area contributed by atoms with Crippen LogP contribution in [0.3, 0.4) is 0 Å². The van der Waals surface area contributed by atoms with E-state index in [0.717, 1.165) is 5.56 Å². The molecular formula is C13H14N4O3S. The van der Waals surface area contributed by atoms with Crippen molar-refractivity contribution in [1.29, 1.82) is 0 Å². The van der Waals surface area contributed by atoms with Crippen LogP contribution in [0.1, 0.15) is 17.0 Å². The predicted octanol–water partition coefficient (Wildman–Crippen LogP) is -0.0646. The van der Waals surface area contributed by atoms with Gasteiger partial charge < -0.3 is 5.11 Å². The minimum Gasteiger partial charge on any atom is -0.384 e. The number of aryl methyl sites for hydroxylation is 1. The van der Waals surface area contributed by atoms with Crippen LogP contribution in [0.2, 0.25) is 0 Å². The number of hydrogen-bond acceptors (Lipinski definition) is 5. The lowest BCUT2D eigenvalue weighted by Crippen LogP contribution is -2.24. The van der Waals surface area contributed by atoms with Crippen LogP contribution in [0, 0.1) is 18.8 Å². The normalized spacial score (nSPS) is 11.0. The molecule has 0 amide bonds. The monoisotopic (exact) mass is 306 g/mol. The average molecular weight is 306 g/mol. The van der Waals surface area contributed by atoms with Crippen LogP contribution < -0.4 is 4.72 Å². The van der Waals surface area contributed by atoms with Crippen LogP contribution in [-0.2, 0) is 16.6 Å². The van der Waals surface area contributed by atoms with Gasteiger partial charge in [-0.25, -0.2) is 18.1 Å². The molecule has 8 heteroatoms. The van der Waals surface area contributed by atoms with Gasteiger partial charge in [-0.3, -0.25) is 5.10 Å². The molecular weight excluding hydrogens is 292 g/mol. The van der Waals surface area contributed by atoms with E-state index < -0.39 is 10.0 Å².